The van der Waals surface area contributed by atoms with Crippen LogP contribution in [0.15, 0.2) is 59.4 Å². The number of hydrogen-bond donors (Lipinski definition) is 1. The van der Waals surface area contributed by atoms with E-state index in [-0.39, 0.29) is 11.4 Å². The topological polar surface area (TPSA) is 65.1 Å². The number of aromatic nitrogens is 3. The van der Waals surface area contributed by atoms with Crippen LogP contribution in [0.25, 0.3) is 0 Å². The first-order valence-corrected chi connectivity index (χ1v) is 8.94. The van der Waals surface area contributed by atoms with Crippen molar-refractivity contribution in [3.8, 4) is 0 Å². The van der Waals surface area contributed by atoms with Crippen molar-refractivity contribution in [2.75, 3.05) is 36.0 Å². The third-order valence-electron chi connectivity index (χ3n) is 4.74. The Bertz CT molecular complexity index is 950. The van der Waals surface area contributed by atoms with Crippen LogP contribution in [0, 0.1) is 5.82 Å². The van der Waals surface area contributed by atoms with Crippen LogP contribution < -0.4 is 15.4 Å². The maximum absolute atomic E-state index is 13.0. The fraction of sp³-hybridized carbons (Fsp3) is 0.250. The molecular weight excluding hydrogens is 345 g/mol. The first-order chi connectivity index (χ1) is 13.2. The number of nitrogens with zero attached hydrogens (tertiary/aromatic N) is 4. The largest absolute Gasteiger partial charge is 0.368 e. The van der Waals surface area contributed by atoms with Crippen LogP contribution in [-0.4, -0.2) is 41.4 Å². The molecule has 0 spiro atoms. The summed E-state index contributed by atoms with van der Waals surface area (Å²) in [7, 11) is 0. The summed E-state index contributed by atoms with van der Waals surface area (Å²) in [5, 5.41) is 8.31. The highest BCUT2D eigenvalue weighted by Crippen LogP contribution is 2.17. The molecule has 138 valence electrons. The van der Waals surface area contributed by atoms with E-state index in [1.54, 1.807) is 12.1 Å². The third-order valence-corrected chi connectivity index (χ3v) is 4.74. The Morgan fingerprint density at radius 2 is 1.56 bits per heavy atom. The van der Waals surface area contributed by atoms with Crippen molar-refractivity contribution in [3.05, 3.63) is 82.0 Å². The zero-order chi connectivity index (χ0) is 18.6. The Kier molecular flexibility index (Phi) is 4.82. The molecule has 27 heavy (non-hydrogen) atoms. The monoisotopic (exact) mass is 365 g/mol. The second-order valence-corrected chi connectivity index (χ2v) is 6.54. The second-order valence-electron chi connectivity index (χ2n) is 6.54. The number of anilines is 2. The van der Waals surface area contributed by atoms with E-state index in [2.05, 4.69) is 32.2 Å². The molecule has 1 saturated heterocycles. The summed E-state index contributed by atoms with van der Waals surface area (Å²) in [4.78, 5) is 19.6. The van der Waals surface area contributed by atoms with E-state index in [1.807, 2.05) is 23.1 Å². The van der Waals surface area contributed by atoms with Crippen LogP contribution in [-0.2, 0) is 6.42 Å². The molecule has 1 aliphatic heterocycles. The van der Waals surface area contributed by atoms with Crippen LogP contribution in [0.4, 0.5) is 16.0 Å². The minimum Gasteiger partial charge on any atom is -0.368 e. The molecule has 0 bridgehead atoms. The van der Waals surface area contributed by atoms with Crippen LogP contribution in [0.1, 0.15) is 11.3 Å². The van der Waals surface area contributed by atoms with Gasteiger partial charge in [0.2, 0.25) is 5.95 Å². The standard InChI is InChI=1S/C20H20FN5O/c21-16-8-6-15(7-9-16)14-18-19(27)22-20(24-23-18)26-12-10-25(11-13-26)17-4-2-1-3-5-17/h1-9H,10-14H2,(H,22,24,27). The minimum atomic E-state index is -0.302. The van der Waals surface area contributed by atoms with E-state index < -0.39 is 0 Å². The van der Waals surface area contributed by atoms with Crippen molar-refractivity contribution in [2.24, 2.45) is 0 Å². The predicted molar refractivity (Wildman–Crippen MR) is 103 cm³/mol. The van der Waals surface area contributed by atoms with Gasteiger partial charge in [0.1, 0.15) is 11.5 Å². The molecule has 0 atom stereocenters. The molecule has 0 aliphatic carbocycles. The fourth-order valence-electron chi connectivity index (χ4n) is 3.22. The Balaban J connectivity index is 1.42. The predicted octanol–water partition coefficient (Wildman–Crippen LogP) is 2.22. The number of benzene rings is 2. The molecule has 1 aliphatic rings. The lowest BCUT2D eigenvalue weighted by Crippen LogP contribution is -2.47. The molecular formula is C20H20FN5O. The molecule has 2 aromatic carbocycles. The van der Waals surface area contributed by atoms with Gasteiger partial charge in [-0.05, 0) is 29.8 Å². The van der Waals surface area contributed by atoms with Crippen molar-refractivity contribution < 1.29 is 4.39 Å². The Morgan fingerprint density at radius 1 is 0.889 bits per heavy atom. The molecule has 2 heterocycles. The van der Waals surface area contributed by atoms with Crippen LogP contribution >= 0.6 is 0 Å². The van der Waals surface area contributed by atoms with Gasteiger partial charge < -0.3 is 9.80 Å². The lowest BCUT2D eigenvalue weighted by Gasteiger charge is -2.36. The lowest BCUT2D eigenvalue weighted by molar-refractivity contribution is 0.626. The number of piperazine rings is 1. The van der Waals surface area contributed by atoms with Gasteiger partial charge in [-0.2, -0.15) is 0 Å². The average molecular weight is 365 g/mol. The van der Waals surface area contributed by atoms with E-state index in [4.69, 9.17) is 0 Å². The summed E-state index contributed by atoms with van der Waals surface area (Å²) in [5.41, 5.74) is 2.09. The van der Waals surface area contributed by atoms with Gasteiger partial charge in [0.15, 0.2) is 0 Å². The number of para-hydroxylation sites is 1. The van der Waals surface area contributed by atoms with Gasteiger partial charge in [-0.25, -0.2) is 4.39 Å². The number of rotatable bonds is 4. The molecule has 1 fully saturated rings. The molecule has 7 heteroatoms. The Morgan fingerprint density at radius 3 is 2.22 bits per heavy atom. The molecule has 6 nitrogen and oxygen atoms in total. The number of H-pyrrole nitrogens is 1. The minimum absolute atomic E-state index is 0.255. The van der Waals surface area contributed by atoms with Crippen molar-refractivity contribution in [2.45, 2.75) is 6.42 Å². The molecule has 0 radical (unpaired) electrons. The van der Waals surface area contributed by atoms with Gasteiger partial charge in [0.05, 0.1) is 0 Å². The maximum atomic E-state index is 13.0. The SMILES string of the molecule is O=c1[nH]c(N2CCN(c3ccccc3)CC2)nnc1Cc1ccc(F)cc1. The van der Waals surface area contributed by atoms with Crippen LogP contribution in [0.2, 0.25) is 0 Å². The van der Waals surface area contributed by atoms with E-state index in [9.17, 15) is 9.18 Å². The summed E-state index contributed by atoms with van der Waals surface area (Å²) >= 11 is 0. The van der Waals surface area contributed by atoms with Crippen molar-refractivity contribution in [1.29, 1.82) is 0 Å². The molecule has 1 aromatic heterocycles. The smallest absolute Gasteiger partial charge is 0.274 e. The molecule has 4 rings (SSSR count). The van der Waals surface area contributed by atoms with Crippen molar-refractivity contribution in [3.63, 3.8) is 0 Å². The molecule has 0 saturated carbocycles. The summed E-state index contributed by atoms with van der Waals surface area (Å²) in [6, 6.07) is 16.3. The van der Waals surface area contributed by atoms with E-state index in [0.717, 1.165) is 31.7 Å². The summed E-state index contributed by atoms with van der Waals surface area (Å²) in [6.07, 6.45) is 0.324. The van der Waals surface area contributed by atoms with Gasteiger partial charge in [0, 0.05) is 38.3 Å². The maximum Gasteiger partial charge on any atom is 0.274 e. The lowest BCUT2D eigenvalue weighted by atomic mass is 10.1. The van der Waals surface area contributed by atoms with Gasteiger partial charge in [0.25, 0.3) is 5.56 Å². The first-order valence-electron chi connectivity index (χ1n) is 8.94. The van der Waals surface area contributed by atoms with Crippen LogP contribution in [0.3, 0.4) is 0 Å². The number of aromatic amines is 1. The average Bonchev–Trinajstić information content (AvgIpc) is 2.72. The number of nitrogens with one attached hydrogen (secondary N) is 1. The summed E-state index contributed by atoms with van der Waals surface area (Å²) in [6.45, 7) is 3.23. The Labute approximate surface area is 156 Å². The Hall–Kier alpha value is -3.22. The van der Waals surface area contributed by atoms with Gasteiger partial charge in [-0.15, -0.1) is 10.2 Å². The van der Waals surface area contributed by atoms with Gasteiger partial charge in [-0.3, -0.25) is 9.78 Å². The van der Waals surface area contributed by atoms with Gasteiger partial charge in [-0.1, -0.05) is 30.3 Å². The van der Waals surface area contributed by atoms with Gasteiger partial charge >= 0.3 is 0 Å². The normalized spacial score (nSPS) is 14.4. The molecule has 0 amide bonds. The van der Waals surface area contributed by atoms with E-state index in [1.165, 1.54) is 17.8 Å². The highest BCUT2D eigenvalue weighted by Gasteiger charge is 2.19. The quantitative estimate of drug-likeness (QED) is 0.768. The third kappa shape index (κ3) is 3.97. The first kappa shape index (κ1) is 17.2. The highest BCUT2D eigenvalue weighted by atomic mass is 19.1. The van der Waals surface area contributed by atoms with E-state index >= 15 is 0 Å². The number of halogens is 1. The van der Waals surface area contributed by atoms with Crippen molar-refractivity contribution >= 4 is 11.6 Å². The molecule has 1 N–H and O–H groups in total. The summed E-state index contributed by atoms with van der Waals surface area (Å²) in [5.74, 6) is 0.194. The fourth-order valence-corrected chi connectivity index (χ4v) is 3.22. The van der Waals surface area contributed by atoms with Crippen molar-refractivity contribution in [1.82, 2.24) is 15.2 Å². The van der Waals surface area contributed by atoms with E-state index in [0.29, 0.717) is 18.1 Å². The zero-order valence-corrected chi connectivity index (χ0v) is 14.8. The second kappa shape index (κ2) is 7.57. The molecule has 3 aromatic rings. The number of hydrogen-bond acceptors (Lipinski definition) is 5. The summed E-state index contributed by atoms with van der Waals surface area (Å²) < 4.78 is 13.0. The highest BCUT2D eigenvalue weighted by molar-refractivity contribution is 5.48. The van der Waals surface area contributed by atoms with Crippen LogP contribution in [0.5, 0.6) is 0 Å². The zero-order valence-electron chi connectivity index (χ0n) is 14.8. The molecule has 0 unspecified atom stereocenters.